The number of hydrogen-bond acceptors (Lipinski definition) is 5. The third-order valence-electron chi connectivity index (χ3n) is 2.28. The lowest BCUT2D eigenvalue weighted by Crippen LogP contribution is -2.17. The summed E-state index contributed by atoms with van der Waals surface area (Å²) in [5.41, 5.74) is 0.584. The van der Waals surface area contributed by atoms with E-state index in [2.05, 4.69) is 15.5 Å². The molecule has 0 aliphatic rings. The minimum absolute atomic E-state index is 0.129. The summed E-state index contributed by atoms with van der Waals surface area (Å²) in [5, 5.41) is 6.26. The van der Waals surface area contributed by atoms with E-state index < -0.39 is 0 Å². The molecule has 2 rings (SSSR count). The summed E-state index contributed by atoms with van der Waals surface area (Å²) in [7, 11) is 1.59. The highest BCUT2D eigenvalue weighted by molar-refractivity contribution is 5.94. The van der Waals surface area contributed by atoms with Crippen LogP contribution < -0.4 is 10.1 Å². The molecule has 6 heteroatoms. The molecule has 0 spiro atoms. The van der Waals surface area contributed by atoms with Crippen molar-refractivity contribution < 1.29 is 14.1 Å². The van der Waals surface area contributed by atoms with E-state index in [4.69, 9.17) is 9.26 Å². The zero-order valence-electron chi connectivity index (χ0n) is 10.1. The van der Waals surface area contributed by atoms with E-state index in [0.29, 0.717) is 23.0 Å². The van der Waals surface area contributed by atoms with Crippen LogP contribution >= 0.6 is 0 Å². The Labute approximate surface area is 104 Å². The number of hydrogen-bond donors (Lipinski definition) is 1. The molecule has 1 amide bonds. The summed E-state index contributed by atoms with van der Waals surface area (Å²) >= 11 is 0. The number of nitrogens with one attached hydrogen (secondary N) is 1. The third-order valence-corrected chi connectivity index (χ3v) is 2.28. The SMILES string of the molecule is CNC(=O)c1ccc(OCc2noc(C)n2)cc1. The van der Waals surface area contributed by atoms with Crippen LogP contribution in [-0.4, -0.2) is 23.1 Å². The zero-order chi connectivity index (χ0) is 13.0. The Kier molecular flexibility index (Phi) is 3.57. The van der Waals surface area contributed by atoms with Crippen molar-refractivity contribution in [3.8, 4) is 5.75 Å². The largest absolute Gasteiger partial charge is 0.485 e. The number of carbonyl (C=O) groups is 1. The third kappa shape index (κ3) is 2.85. The molecule has 18 heavy (non-hydrogen) atoms. The van der Waals surface area contributed by atoms with Gasteiger partial charge in [-0.15, -0.1) is 0 Å². The van der Waals surface area contributed by atoms with Crippen LogP contribution in [0.3, 0.4) is 0 Å². The second-order valence-corrected chi connectivity index (χ2v) is 3.62. The molecule has 0 aliphatic carbocycles. The molecule has 6 nitrogen and oxygen atoms in total. The average molecular weight is 247 g/mol. The quantitative estimate of drug-likeness (QED) is 0.881. The van der Waals surface area contributed by atoms with Crippen LogP contribution in [0.5, 0.6) is 5.75 Å². The van der Waals surface area contributed by atoms with Crippen molar-refractivity contribution in [1.29, 1.82) is 0 Å². The van der Waals surface area contributed by atoms with E-state index in [0.717, 1.165) is 0 Å². The van der Waals surface area contributed by atoms with Crippen LogP contribution in [0.4, 0.5) is 0 Å². The van der Waals surface area contributed by atoms with Gasteiger partial charge in [0, 0.05) is 19.5 Å². The van der Waals surface area contributed by atoms with E-state index in [9.17, 15) is 4.79 Å². The molecule has 1 aromatic heterocycles. The topological polar surface area (TPSA) is 77.2 Å². The Bertz CT molecular complexity index is 534. The molecule has 0 fully saturated rings. The second-order valence-electron chi connectivity index (χ2n) is 3.62. The van der Waals surface area contributed by atoms with Crippen molar-refractivity contribution >= 4 is 5.91 Å². The predicted octanol–water partition coefficient (Wildman–Crippen LogP) is 1.32. The molecular weight excluding hydrogens is 234 g/mol. The van der Waals surface area contributed by atoms with Gasteiger partial charge < -0.3 is 14.6 Å². The average Bonchev–Trinajstić information content (AvgIpc) is 2.82. The van der Waals surface area contributed by atoms with E-state index in [-0.39, 0.29) is 12.5 Å². The number of ether oxygens (including phenoxy) is 1. The van der Waals surface area contributed by atoms with Crippen LogP contribution in [0.2, 0.25) is 0 Å². The van der Waals surface area contributed by atoms with Gasteiger partial charge >= 0.3 is 0 Å². The summed E-state index contributed by atoms with van der Waals surface area (Å²) in [6, 6.07) is 6.82. The molecule has 0 aliphatic heterocycles. The number of aryl methyl sites for hydroxylation is 1. The number of amides is 1. The van der Waals surface area contributed by atoms with Gasteiger partial charge in [0.2, 0.25) is 11.7 Å². The Balaban J connectivity index is 1.96. The summed E-state index contributed by atoms with van der Waals surface area (Å²) < 4.78 is 10.3. The Hall–Kier alpha value is -2.37. The summed E-state index contributed by atoms with van der Waals surface area (Å²) in [4.78, 5) is 15.3. The lowest BCUT2D eigenvalue weighted by atomic mass is 10.2. The normalized spacial score (nSPS) is 10.1. The standard InChI is InChI=1S/C12H13N3O3/c1-8-14-11(15-18-8)7-17-10-5-3-9(4-6-10)12(16)13-2/h3-6H,7H2,1-2H3,(H,13,16). The first-order valence-corrected chi connectivity index (χ1v) is 5.43. The van der Waals surface area contributed by atoms with Gasteiger partial charge in [0.25, 0.3) is 5.91 Å². The molecule has 94 valence electrons. The number of nitrogens with zero attached hydrogens (tertiary/aromatic N) is 2. The smallest absolute Gasteiger partial charge is 0.251 e. The lowest BCUT2D eigenvalue weighted by Gasteiger charge is -2.04. The van der Waals surface area contributed by atoms with Gasteiger partial charge in [0.15, 0.2) is 6.61 Å². The van der Waals surface area contributed by atoms with Gasteiger partial charge in [-0.05, 0) is 24.3 Å². The molecule has 0 atom stereocenters. The highest BCUT2D eigenvalue weighted by atomic mass is 16.5. The number of carbonyl (C=O) groups excluding carboxylic acids is 1. The fraction of sp³-hybridized carbons (Fsp3) is 0.250. The summed E-state index contributed by atoms with van der Waals surface area (Å²) in [5.74, 6) is 1.51. The zero-order valence-corrected chi connectivity index (χ0v) is 10.1. The molecule has 1 aromatic carbocycles. The maximum Gasteiger partial charge on any atom is 0.251 e. The minimum Gasteiger partial charge on any atom is -0.485 e. The van der Waals surface area contributed by atoms with Crippen LogP contribution in [0.1, 0.15) is 22.1 Å². The number of aromatic nitrogens is 2. The second kappa shape index (κ2) is 5.31. The molecule has 0 saturated heterocycles. The molecule has 0 radical (unpaired) electrons. The molecule has 0 unspecified atom stereocenters. The predicted molar refractivity (Wildman–Crippen MR) is 63.2 cm³/mol. The van der Waals surface area contributed by atoms with Gasteiger partial charge in [-0.1, -0.05) is 5.16 Å². The van der Waals surface area contributed by atoms with E-state index in [1.807, 2.05) is 0 Å². The maximum absolute atomic E-state index is 11.3. The fourth-order valence-corrected chi connectivity index (χ4v) is 1.39. The monoisotopic (exact) mass is 247 g/mol. The van der Waals surface area contributed by atoms with Gasteiger partial charge in [0.05, 0.1) is 0 Å². The summed E-state index contributed by atoms with van der Waals surface area (Å²) in [6.45, 7) is 1.95. The first-order valence-electron chi connectivity index (χ1n) is 5.43. The van der Waals surface area contributed by atoms with Crippen molar-refractivity contribution in [3.63, 3.8) is 0 Å². The van der Waals surface area contributed by atoms with Crippen LogP contribution in [0.15, 0.2) is 28.8 Å². The molecule has 2 aromatic rings. The summed E-state index contributed by atoms with van der Waals surface area (Å²) in [6.07, 6.45) is 0. The van der Waals surface area contributed by atoms with E-state index >= 15 is 0 Å². The minimum atomic E-state index is -0.129. The van der Waals surface area contributed by atoms with Crippen molar-refractivity contribution in [2.24, 2.45) is 0 Å². The first kappa shape index (κ1) is 12.1. The van der Waals surface area contributed by atoms with Gasteiger partial charge in [-0.3, -0.25) is 4.79 Å². The molecular formula is C12H13N3O3. The fourth-order valence-electron chi connectivity index (χ4n) is 1.39. The van der Waals surface area contributed by atoms with Crippen molar-refractivity contribution in [1.82, 2.24) is 15.5 Å². The van der Waals surface area contributed by atoms with Gasteiger partial charge in [-0.2, -0.15) is 4.98 Å². The highest BCUT2D eigenvalue weighted by Gasteiger charge is 2.05. The van der Waals surface area contributed by atoms with E-state index in [1.165, 1.54) is 0 Å². The Morgan fingerprint density at radius 3 is 2.67 bits per heavy atom. The van der Waals surface area contributed by atoms with E-state index in [1.54, 1.807) is 38.2 Å². The Morgan fingerprint density at radius 1 is 1.39 bits per heavy atom. The molecule has 1 heterocycles. The first-order chi connectivity index (χ1) is 8.69. The maximum atomic E-state index is 11.3. The van der Waals surface area contributed by atoms with Crippen LogP contribution in [-0.2, 0) is 6.61 Å². The molecule has 0 bridgehead atoms. The lowest BCUT2D eigenvalue weighted by molar-refractivity contribution is 0.0963. The molecule has 1 N–H and O–H groups in total. The number of rotatable bonds is 4. The van der Waals surface area contributed by atoms with Crippen molar-refractivity contribution in [3.05, 3.63) is 41.5 Å². The Morgan fingerprint density at radius 2 is 2.11 bits per heavy atom. The van der Waals surface area contributed by atoms with Crippen molar-refractivity contribution in [2.75, 3.05) is 7.05 Å². The van der Waals surface area contributed by atoms with Gasteiger partial charge in [0.1, 0.15) is 5.75 Å². The number of benzene rings is 1. The van der Waals surface area contributed by atoms with Crippen LogP contribution in [0.25, 0.3) is 0 Å². The molecule has 0 saturated carbocycles. The van der Waals surface area contributed by atoms with Gasteiger partial charge in [-0.25, -0.2) is 0 Å². The highest BCUT2D eigenvalue weighted by Crippen LogP contribution is 2.13. The van der Waals surface area contributed by atoms with Crippen molar-refractivity contribution in [2.45, 2.75) is 13.5 Å². The van der Waals surface area contributed by atoms with Crippen LogP contribution in [0, 0.1) is 6.92 Å².